The Morgan fingerprint density at radius 2 is 1.80 bits per heavy atom. The highest BCUT2D eigenvalue weighted by Gasteiger charge is 2.26. The molecule has 0 radical (unpaired) electrons. The Morgan fingerprint density at radius 1 is 1.15 bits per heavy atom. The number of hydrogen-bond acceptors (Lipinski definition) is 1. The maximum Gasteiger partial charge on any atom is 0.00966 e. The smallest absolute Gasteiger partial charge is 0.00966 e. The van der Waals surface area contributed by atoms with E-state index in [9.17, 15) is 0 Å². The fourth-order valence-corrected chi connectivity index (χ4v) is 3.39. The molecule has 0 amide bonds. The molecule has 0 bridgehead atoms. The summed E-state index contributed by atoms with van der Waals surface area (Å²) in [7, 11) is 0. The van der Waals surface area contributed by atoms with Crippen molar-refractivity contribution in [3.05, 3.63) is 35.4 Å². The number of aryl methyl sites for hydroxylation is 1. The second-order valence-electron chi connectivity index (χ2n) is 7.57. The first kappa shape index (κ1) is 15.6. The number of rotatable bonds is 5. The second kappa shape index (κ2) is 6.76. The van der Waals surface area contributed by atoms with Crippen LogP contribution in [0, 0.1) is 18.8 Å². The molecule has 1 nitrogen and oxygen atoms in total. The molecule has 1 fully saturated rings. The molecule has 0 aliphatic heterocycles. The van der Waals surface area contributed by atoms with E-state index in [1.807, 2.05) is 0 Å². The van der Waals surface area contributed by atoms with Crippen molar-refractivity contribution in [2.75, 3.05) is 6.54 Å². The molecule has 1 aliphatic carbocycles. The van der Waals surface area contributed by atoms with Gasteiger partial charge in [-0.3, -0.25) is 0 Å². The van der Waals surface area contributed by atoms with E-state index in [1.165, 1.54) is 37.7 Å². The molecule has 20 heavy (non-hydrogen) atoms. The molecule has 0 spiro atoms. The predicted octanol–water partition coefficient (Wildman–Crippen LogP) is 4.73. The third kappa shape index (κ3) is 4.63. The lowest BCUT2D eigenvalue weighted by Crippen LogP contribution is -2.41. The normalized spacial score (nSPS) is 18.4. The first-order chi connectivity index (χ1) is 9.46. The minimum absolute atomic E-state index is 0.225. The van der Waals surface area contributed by atoms with Gasteiger partial charge in [-0.2, -0.15) is 0 Å². The van der Waals surface area contributed by atoms with Crippen LogP contribution in [-0.4, -0.2) is 12.1 Å². The Labute approximate surface area is 125 Å². The van der Waals surface area contributed by atoms with Crippen molar-refractivity contribution >= 4 is 0 Å². The molecule has 0 heterocycles. The molecule has 0 aromatic heterocycles. The highest BCUT2D eigenvalue weighted by atomic mass is 14.9. The van der Waals surface area contributed by atoms with Crippen molar-refractivity contribution in [3.8, 4) is 0 Å². The Hall–Kier alpha value is -0.820. The summed E-state index contributed by atoms with van der Waals surface area (Å²) in [5.41, 5.74) is 3.22. The van der Waals surface area contributed by atoms with Crippen molar-refractivity contribution in [1.82, 2.24) is 5.32 Å². The van der Waals surface area contributed by atoms with E-state index in [0.717, 1.165) is 18.4 Å². The molecule has 1 saturated carbocycles. The molecule has 1 aromatic rings. The quantitative estimate of drug-likeness (QED) is 0.817. The van der Waals surface area contributed by atoms with Crippen LogP contribution < -0.4 is 5.32 Å². The standard InChI is InChI=1S/C19H31N/c1-15-9-5-6-12-17(15)13-18(14-20-19(2,3)4)16-10-7-8-11-16/h5-6,9,12,16,18,20H,7-8,10-11,13-14H2,1-4H3. The summed E-state index contributed by atoms with van der Waals surface area (Å²) >= 11 is 0. The van der Waals surface area contributed by atoms with Gasteiger partial charge in [-0.25, -0.2) is 0 Å². The molecule has 1 atom stereocenters. The lowest BCUT2D eigenvalue weighted by atomic mass is 9.84. The fourth-order valence-electron chi connectivity index (χ4n) is 3.39. The van der Waals surface area contributed by atoms with Gasteiger partial charge in [0.15, 0.2) is 0 Å². The van der Waals surface area contributed by atoms with E-state index in [4.69, 9.17) is 0 Å². The van der Waals surface area contributed by atoms with Gasteiger partial charge in [-0.05, 0) is 63.6 Å². The van der Waals surface area contributed by atoms with Crippen LogP contribution in [0.15, 0.2) is 24.3 Å². The summed E-state index contributed by atoms with van der Waals surface area (Å²) in [5.74, 6) is 1.71. The van der Waals surface area contributed by atoms with Crippen LogP contribution in [0.3, 0.4) is 0 Å². The zero-order valence-electron chi connectivity index (χ0n) is 13.7. The van der Waals surface area contributed by atoms with Crippen LogP contribution in [0.5, 0.6) is 0 Å². The summed E-state index contributed by atoms with van der Waals surface area (Å²) < 4.78 is 0. The zero-order valence-corrected chi connectivity index (χ0v) is 13.7. The molecule has 1 heteroatoms. The Kier molecular flexibility index (Phi) is 5.26. The first-order valence-corrected chi connectivity index (χ1v) is 8.25. The molecule has 1 aromatic carbocycles. The van der Waals surface area contributed by atoms with Gasteiger partial charge in [0, 0.05) is 5.54 Å². The van der Waals surface area contributed by atoms with Gasteiger partial charge in [0.1, 0.15) is 0 Å². The van der Waals surface area contributed by atoms with Crippen LogP contribution in [-0.2, 0) is 6.42 Å². The highest BCUT2D eigenvalue weighted by Crippen LogP contribution is 2.33. The Bertz CT molecular complexity index is 410. The van der Waals surface area contributed by atoms with E-state index < -0.39 is 0 Å². The average molecular weight is 273 g/mol. The van der Waals surface area contributed by atoms with Crippen LogP contribution >= 0.6 is 0 Å². The van der Waals surface area contributed by atoms with Crippen molar-refractivity contribution in [3.63, 3.8) is 0 Å². The topological polar surface area (TPSA) is 12.0 Å². The first-order valence-electron chi connectivity index (χ1n) is 8.25. The minimum Gasteiger partial charge on any atom is -0.312 e. The lowest BCUT2D eigenvalue weighted by Gasteiger charge is -2.29. The third-order valence-corrected chi connectivity index (χ3v) is 4.70. The Morgan fingerprint density at radius 3 is 2.40 bits per heavy atom. The van der Waals surface area contributed by atoms with E-state index in [0.29, 0.717) is 0 Å². The monoisotopic (exact) mass is 273 g/mol. The van der Waals surface area contributed by atoms with Crippen molar-refractivity contribution in [1.29, 1.82) is 0 Å². The van der Waals surface area contributed by atoms with Crippen molar-refractivity contribution in [2.24, 2.45) is 11.8 Å². The summed E-state index contributed by atoms with van der Waals surface area (Å²) in [6, 6.07) is 8.90. The summed E-state index contributed by atoms with van der Waals surface area (Å²) in [6.45, 7) is 10.2. The van der Waals surface area contributed by atoms with Crippen LogP contribution in [0.2, 0.25) is 0 Å². The van der Waals surface area contributed by atoms with Gasteiger partial charge in [0.05, 0.1) is 0 Å². The van der Waals surface area contributed by atoms with Crippen LogP contribution in [0.1, 0.15) is 57.6 Å². The van der Waals surface area contributed by atoms with E-state index >= 15 is 0 Å². The molecule has 0 saturated heterocycles. The molecular weight excluding hydrogens is 242 g/mol. The summed E-state index contributed by atoms with van der Waals surface area (Å²) in [5, 5.41) is 3.74. The van der Waals surface area contributed by atoms with Gasteiger partial charge < -0.3 is 5.32 Å². The van der Waals surface area contributed by atoms with Gasteiger partial charge in [0.25, 0.3) is 0 Å². The van der Waals surface area contributed by atoms with E-state index in [-0.39, 0.29) is 5.54 Å². The maximum absolute atomic E-state index is 3.74. The fraction of sp³-hybridized carbons (Fsp3) is 0.684. The summed E-state index contributed by atoms with van der Waals surface area (Å²) in [4.78, 5) is 0. The van der Waals surface area contributed by atoms with Crippen LogP contribution in [0.4, 0.5) is 0 Å². The highest BCUT2D eigenvalue weighted by molar-refractivity contribution is 5.26. The molecule has 1 N–H and O–H groups in total. The third-order valence-electron chi connectivity index (χ3n) is 4.70. The van der Waals surface area contributed by atoms with Crippen molar-refractivity contribution < 1.29 is 0 Å². The van der Waals surface area contributed by atoms with Gasteiger partial charge >= 0.3 is 0 Å². The molecule has 2 rings (SSSR count). The average Bonchev–Trinajstić information content (AvgIpc) is 2.89. The lowest BCUT2D eigenvalue weighted by molar-refractivity contribution is 0.286. The predicted molar refractivity (Wildman–Crippen MR) is 88.1 cm³/mol. The van der Waals surface area contributed by atoms with E-state index in [1.54, 1.807) is 5.56 Å². The van der Waals surface area contributed by atoms with Crippen LogP contribution in [0.25, 0.3) is 0 Å². The summed E-state index contributed by atoms with van der Waals surface area (Å²) in [6.07, 6.45) is 6.97. The zero-order chi connectivity index (χ0) is 14.6. The van der Waals surface area contributed by atoms with E-state index in [2.05, 4.69) is 57.3 Å². The Balaban J connectivity index is 2.04. The van der Waals surface area contributed by atoms with Gasteiger partial charge in [0.2, 0.25) is 0 Å². The van der Waals surface area contributed by atoms with Crippen molar-refractivity contribution in [2.45, 2.75) is 65.3 Å². The molecular formula is C19H31N. The van der Waals surface area contributed by atoms with Gasteiger partial charge in [-0.1, -0.05) is 49.9 Å². The number of nitrogens with one attached hydrogen (secondary N) is 1. The molecule has 112 valence electrons. The minimum atomic E-state index is 0.225. The SMILES string of the molecule is Cc1ccccc1CC(CNC(C)(C)C)C1CCCC1. The van der Waals surface area contributed by atoms with Gasteiger partial charge in [-0.15, -0.1) is 0 Å². The second-order valence-corrected chi connectivity index (χ2v) is 7.57. The maximum atomic E-state index is 3.74. The molecule has 1 unspecified atom stereocenters. The largest absolute Gasteiger partial charge is 0.312 e. The number of hydrogen-bond donors (Lipinski definition) is 1. The number of benzene rings is 1. The molecule has 1 aliphatic rings.